The number of halogens is 2. The average Bonchev–Trinajstić information content (AvgIpc) is 3.05. The van der Waals surface area contributed by atoms with E-state index in [9.17, 15) is 0 Å². The van der Waals surface area contributed by atoms with Gasteiger partial charge >= 0.3 is 21.7 Å². The van der Waals surface area contributed by atoms with Crippen LogP contribution in [0.4, 0.5) is 0 Å². The maximum atomic E-state index is 3.61. The maximum absolute atomic E-state index is 3.61. The summed E-state index contributed by atoms with van der Waals surface area (Å²) in [5, 5.41) is 0. The molecule has 0 saturated heterocycles. The first-order valence-corrected chi connectivity index (χ1v) is 6.41. The van der Waals surface area contributed by atoms with Crippen molar-refractivity contribution in [1.29, 1.82) is 0 Å². The Kier molecular flexibility index (Phi) is 6.50. The van der Waals surface area contributed by atoms with E-state index in [0.717, 1.165) is 12.8 Å². The summed E-state index contributed by atoms with van der Waals surface area (Å²) in [6, 6.07) is 16.7. The number of fused-ring (bicyclic) bond motifs is 3. The molecule has 0 N–H and O–H groups in total. The van der Waals surface area contributed by atoms with E-state index < -0.39 is 0 Å². The van der Waals surface area contributed by atoms with Crippen LogP contribution in [0.25, 0.3) is 16.7 Å². The monoisotopic (exact) mass is 347 g/mol. The third kappa shape index (κ3) is 3.20. The van der Waals surface area contributed by atoms with E-state index in [0.29, 0.717) is 0 Å². The van der Waals surface area contributed by atoms with Gasteiger partial charge in [0.15, 0.2) is 0 Å². The first kappa shape index (κ1) is 18.3. The van der Waals surface area contributed by atoms with Crippen molar-refractivity contribution in [2.24, 2.45) is 0 Å². The number of benzene rings is 2. The van der Waals surface area contributed by atoms with Crippen LogP contribution in [-0.4, -0.2) is 0 Å². The van der Waals surface area contributed by atoms with Crippen molar-refractivity contribution in [3.05, 3.63) is 77.4 Å². The normalized spacial score (nSPS) is 13.2. The van der Waals surface area contributed by atoms with E-state index in [1.165, 1.54) is 33.4 Å². The van der Waals surface area contributed by atoms with Crippen molar-refractivity contribution >= 4 is 5.57 Å². The van der Waals surface area contributed by atoms with Crippen LogP contribution < -0.4 is 24.8 Å². The summed E-state index contributed by atoms with van der Waals surface area (Å²) in [6.45, 7) is 0. The molecule has 0 amide bonds. The quantitative estimate of drug-likeness (QED) is 0.368. The molecule has 0 unspecified atom stereocenters. The second-order valence-electron chi connectivity index (χ2n) is 4.92. The molecule has 1 radical (unpaired) electrons. The molecule has 3 heteroatoms. The van der Waals surface area contributed by atoms with Gasteiger partial charge in [0.1, 0.15) is 0 Å². The first-order chi connectivity index (χ1) is 8.92. The summed E-state index contributed by atoms with van der Waals surface area (Å²) < 4.78 is 0. The third-order valence-electron chi connectivity index (χ3n) is 3.82. The fraction of sp³-hybridized carbons (Fsp3) is 0.111. The molecule has 0 aliphatic heterocycles. The SMILES string of the molecule is [Cl-].[Cl-].[Ti+3].[c-]1c(C2=CC=CC2)ccc2c1Cc1ccccc1-2. The van der Waals surface area contributed by atoms with Crippen LogP contribution in [-0.2, 0) is 28.1 Å². The smallest absolute Gasteiger partial charge is 1.00 e. The summed E-state index contributed by atoms with van der Waals surface area (Å²) in [4.78, 5) is 0. The van der Waals surface area contributed by atoms with Gasteiger partial charge in [-0.05, 0) is 18.4 Å². The molecule has 2 aliphatic carbocycles. The van der Waals surface area contributed by atoms with Crippen molar-refractivity contribution in [1.82, 2.24) is 0 Å². The minimum Gasteiger partial charge on any atom is -1.00 e. The van der Waals surface area contributed by atoms with E-state index in [1.54, 1.807) is 0 Å². The molecule has 2 aliphatic rings. The molecule has 0 nitrogen and oxygen atoms in total. The molecule has 0 saturated carbocycles. The van der Waals surface area contributed by atoms with Gasteiger partial charge < -0.3 is 24.8 Å². The molecule has 0 aromatic heterocycles. The van der Waals surface area contributed by atoms with Crippen molar-refractivity contribution in [3.63, 3.8) is 0 Å². The van der Waals surface area contributed by atoms with E-state index in [2.05, 4.69) is 60.7 Å². The summed E-state index contributed by atoms with van der Waals surface area (Å²) in [5.41, 5.74) is 8.16. The molecule has 0 heterocycles. The molecule has 2 aromatic rings. The standard InChI is InChI=1S/C18H13.2ClH.Ti/c1-2-6-13(5-1)14-9-10-18-16(11-14)12-15-7-3-4-8-17(15)18;;;/h1-5,7-10H,6,12H2;2*1H;/q-1;;;+3/p-2. The fourth-order valence-corrected chi connectivity index (χ4v) is 2.89. The van der Waals surface area contributed by atoms with Crippen LogP contribution in [0.1, 0.15) is 23.1 Å². The van der Waals surface area contributed by atoms with Gasteiger partial charge in [-0.25, -0.2) is 0 Å². The van der Waals surface area contributed by atoms with Crippen molar-refractivity contribution in [3.8, 4) is 11.1 Å². The Bertz CT molecular complexity index is 702. The van der Waals surface area contributed by atoms with Gasteiger partial charge in [0.2, 0.25) is 0 Å². The van der Waals surface area contributed by atoms with E-state index >= 15 is 0 Å². The molecule has 0 fully saturated rings. The van der Waals surface area contributed by atoms with E-state index in [-0.39, 0.29) is 46.5 Å². The van der Waals surface area contributed by atoms with Gasteiger partial charge in [-0.2, -0.15) is 0 Å². The van der Waals surface area contributed by atoms with Crippen LogP contribution in [0.3, 0.4) is 0 Å². The van der Waals surface area contributed by atoms with Gasteiger partial charge in [-0.1, -0.05) is 47.5 Å². The van der Waals surface area contributed by atoms with Gasteiger partial charge in [-0.3, -0.25) is 0 Å². The summed E-state index contributed by atoms with van der Waals surface area (Å²) in [6.07, 6.45) is 8.60. The Morgan fingerprint density at radius 1 is 0.905 bits per heavy atom. The Balaban J connectivity index is 0.000000735. The molecule has 4 rings (SSSR count). The molecule has 0 bridgehead atoms. The van der Waals surface area contributed by atoms with Crippen LogP contribution in [0.2, 0.25) is 0 Å². The summed E-state index contributed by atoms with van der Waals surface area (Å²) >= 11 is 0. The average molecular weight is 348 g/mol. The number of allylic oxidation sites excluding steroid dienone is 4. The van der Waals surface area contributed by atoms with Gasteiger partial charge in [-0.15, -0.1) is 41.0 Å². The molecular formula is C18H13Cl2Ti. The zero-order valence-corrected chi connectivity index (χ0v) is 14.4. The van der Waals surface area contributed by atoms with Crippen LogP contribution in [0.15, 0.2) is 54.6 Å². The van der Waals surface area contributed by atoms with Crippen LogP contribution >= 0.6 is 0 Å². The van der Waals surface area contributed by atoms with Crippen molar-refractivity contribution < 1.29 is 46.5 Å². The number of rotatable bonds is 1. The minimum absolute atomic E-state index is 0. The molecule has 0 atom stereocenters. The summed E-state index contributed by atoms with van der Waals surface area (Å²) in [7, 11) is 0. The van der Waals surface area contributed by atoms with Crippen LogP contribution in [0.5, 0.6) is 0 Å². The number of hydrogen-bond donors (Lipinski definition) is 0. The first-order valence-electron chi connectivity index (χ1n) is 6.41. The molecule has 103 valence electrons. The Labute approximate surface area is 153 Å². The zero-order valence-electron chi connectivity index (χ0n) is 11.4. The Morgan fingerprint density at radius 3 is 2.48 bits per heavy atom. The molecule has 0 spiro atoms. The topological polar surface area (TPSA) is 0 Å². The Hall–Kier alpha value is -0.786. The van der Waals surface area contributed by atoms with Gasteiger partial charge in [0.05, 0.1) is 0 Å². The third-order valence-corrected chi connectivity index (χ3v) is 3.82. The second kappa shape index (κ2) is 7.47. The Morgan fingerprint density at radius 2 is 1.71 bits per heavy atom. The van der Waals surface area contributed by atoms with Gasteiger partial charge in [0, 0.05) is 0 Å². The maximum Gasteiger partial charge on any atom is 3.00 e. The van der Waals surface area contributed by atoms with E-state index in [1.807, 2.05) is 0 Å². The minimum atomic E-state index is 0. The van der Waals surface area contributed by atoms with Crippen molar-refractivity contribution in [2.75, 3.05) is 0 Å². The fourth-order valence-electron chi connectivity index (χ4n) is 2.89. The largest absolute Gasteiger partial charge is 3.00 e. The zero-order chi connectivity index (χ0) is 11.9. The van der Waals surface area contributed by atoms with E-state index in [4.69, 9.17) is 0 Å². The molecular weight excluding hydrogens is 335 g/mol. The second-order valence-corrected chi connectivity index (χ2v) is 4.92. The molecule has 21 heavy (non-hydrogen) atoms. The summed E-state index contributed by atoms with van der Waals surface area (Å²) in [5.74, 6) is 0. The van der Waals surface area contributed by atoms with Crippen LogP contribution in [0, 0.1) is 6.07 Å². The van der Waals surface area contributed by atoms with Gasteiger partial charge in [0.25, 0.3) is 0 Å². The van der Waals surface area contributed by atoms with Crippen molar-refractivity contribution in [2.45, 2.75) is 12.8 Å². The predicted molar refractivity (Wildman–Crippen MR) is 75.3 cm³/mol. The predicted octanol–water partition coefficient (Wildman–Crippen LogP) is -1.59. The molecule has 2 aromatic carbocycles. The number of hydrogen-bond acceptors (Lipinski definition) is 0.